The maximum Gasteiger partial charge on any atom is 0.203 e. The van der Waals surface area contributed by atoms with Crippen LogP contribution in [0.5, 0.6) is 0 Å². The minimum atomic E-state index is 0.327. The SMILES string of the molecule is N#Cc1ccc(CNc2ccccn2)o1. The first-order valence-corrected chi connectivity index (χ1v) is 4.52. The summed E-state index contributed by atoms with van der Waals surface area (Å²) in [6.45, 7) is 0.526. The highest BCUT2D eigenvalue weighted by molar-refractivity contribution is 5.33. The van der Waals surface area contributed by atoms with Crippen LogP contribution in [0.3, 0.4) is 0 Å². The first kappa shape index (κ1) is 9.28. The summed E-state index contributed by atoms with van der Waals surface area (Å²) in [5.41, 5.74) is 0. The Morgan fingerprint density at radius 2 is 2.27 bits per heavy atom. The Morgan fingerprint density at radius 1 is 1.33 bits per heavy atom. The van der Waals surface area contributed by atoms with Crippen LogP contribution >= 0.6 is 0 Å². The quantitative estimate of drug-likeness (QED) is 0.822. The standard InChI is InChI=1S/C11H9N3O/c12-7-9-4-5-10(15-9)8-14-11-3-1-2-6-13-11/h1-6H,8H2,(H,13,14). The number of anilines is 1. The summed E-state index contributed by atoms with van der Waals surface area (Å²) in [5.74, 6) is 1.83. The zero-order valence-electron chi connectivity index (χ0n) is 7.97. The molecule has 0 spiro atoms. The number of furan rings is 1. The van der Waals surface area contributed by atoms with Gasteiger partial charge in [-0.3, -0.25) is 0 Å². The van der Waals surface area contributed by atoms with E-state index in [1.807, 2.05) is 24.3 Å². The van der Waals surface area contributed by atoms with Crippen molar-refractivity contribution in [1.29, 1.82) is 5.26 Å². The molecule has 15 heavy (non-hydrogen) atoms. The van der Waals surface area contributed by atoms with E-state index < -0.39 is 0 Å². The molecule has 0 bridgehead atoms. The highest BCUT2D eigenvalue weighted by atomic mass is 16.3. The van der Waals surface area contributed by atoms with Crippen LogP contribution in [0.2, 0.25) is 0 Å². The van der Waals surface area contributed by atoms with E-state index in [4.69, 9.17) is 9.68 Å². The van der Waals surface area contributed by atoms with Crippen LogP contribution in [0.15, 0.2) is 40.9 Å². The molecule has 2 heterocycles. The van der Waals surface area contributed by atoms with Crippen molar-refractivity contribution in [1.82, 2.24) is 4.98 Å². The average molecular weight is 199 g/mol. The summed E-state index contributed by atoms with van der Waals surface area (Å²) in [6, 6.07) is 11.0. The number of nitriles is 1. The molecule has 0 aliphatic rings. The molecular formula is C11H9N3O. The molecule has 0 saturated carbocycles. The minimum Gasteiger partial charge on any atom is -0.449 e. The molecule has 0 fully saturated rings. The van der Waals surface area contributed by atoms with Gasteiger partial charge in [-0.05, 0) is 24.3 Å². The monoisotopic (exact) mass is 199 g/mol. The number of rotatable bonds is 3. The molecule has 1 N–H and O–H groups in total. The molecule has 2 aromatic heterocycles. The minimum absolute atomic E-state index is 0.327. The highest BCUT2D eigenvalue weighted by Crippen LogP contribution is 2.09. The van der Waals surface area contributed by atoms with Gasteiger partial charge in [0.05, 0.1) is 6.54 Å². The molecule has 0 unspecified atom stereocenters. The fourth-order valence-corrected chi connectivity index (χ4v) is 1.18. The van der Waals surface area contributed by atoms with Gasteiger partial charge in [-0.25, -0.2) is 4.98 Å². The molecular weight excluding hydrogens is 190 g/mol. The normalized spacial score (nSPS) is 9.53. The molecule has 4 nitrogen and oxygen atoms in total. The Hall–Kier alpha value is -2.28. The Bertz CT molecular complexity index is 470. The second-order valence-corrected chi connectivity index (χ2v) is 2.95. The van der Waals surface area contributed by atoms with Gasteiger partial charge >= 0.3 is 0 Å². The van der Waals surface area contributed by atoms with Crippen LogP contribution in [-0.2, 0) is 6.54 Å². The van der Waals surface area contributed by atoms with Crippen molar-refractivity contribution in [3.05, 3.63) is 48.0 Å². The van der Waals surface area contributed by atoms with Gasteiger partial charge in [0.15, 0.2) is 0 Å². The Balaban J connectivity index is 1.97. The topological polar surface area (TPSA) is 61.9 Å². The predicted octanol–water partition coefficient (Wildman–Crippen LogP) is 2.16. The Kier molecular flexibility index (Phi) is 2.65. The van der Waals surface area contributed by atoms with Crippen molar-refractivity contribution in [3.63, 3.8) is 0 Å². The molecule has 2 rings (SSSR count). The molecule has 0 amide bonds. The van der Waals surface area contributed by atoms with Crippen LogP contribution in [-0.4, -0.2) is 4.98 Å². The van der Waals surface area contributed by atoms with Crippen LogP contribution in [0.25, 0.3) is 0 Å². The number of hydrogen-bond acceptors (Lipinski definition) is 4. The molecule has 0 atom stereocenters. The lowest BCUT2D eigenvalue weighted by molar-refractivity contribution is 0.506. The first-order chi connectivity index (χ1) is 7.38. The number of aromatic nitrogens is 1. The largest absolute Gasteiger partial charge is 0.449 e. The van der Waals surface area contributed by atoms with Gasteiger partial charge in [-0.1, -0.05) is 6.07 Å². The van der Waals surface area contributed by atoms with Crippen molar-refractivity contribution in [2.75, 3.05) is 5.32 Å². The molecule has 74 valence electrons. The predicted molar refractivity (Wildman–Crippen MR) is 55.0 cm³/mol. The number of nitrogens with one attached hydrogen (secondary N) is 1. The fourth-order valence-electron chi connectivity index (χ4n) is 1.18. The summed E-state index contributed by atoms with van der Waals surface area (Å²) in [7, 11) is 0. The lowest BCUT2D eigenvalue weighted by atomic mass is 10.4. The zero-order valence-corrected chi connectivity index (χ0v) is 7.97. The lowest BCUT2D eigenvalue weighted by Gasteiger charge is -2.01. The van der Waals surface area contributed by atoms with Crippen molar-refractivity contribution in [3.8, 4) is 6.07 Å². The van der Waals surface area contributed by atoms with Gasteiger partial charge in [0.25, 0.3) is 0 Å². The van der Waals surface area contributed by atoms with E-state index in [1.54, 1.807) is 18.3 Å². The van der Waals surface area contributed by atoms with E-state index >= 15 is 0 Å². The average Bonchev–Trinajstić information content (AvgIpc) is 2.76. The van der Waals surface area contributed by atoms with Crippen molar-refractivity contribution in [2.24, 2.45) is 0 Å². The van der Waals surface area contributed by atoms with E-state index in [1.165, 1.54) is 0 Å². The van der Waals surface area contributed by atoms with Crippen molar-refractivity contribution in [2.45, 2.75) is 6.54 Å². The van der Waals surface area contributed by atoms with Crippen molar-refractivity contribution >= 4 is 5.82 Å². The van der Waals surface area contributed by atoms with Gasteiger partial charge in [0.2, 0.25) is 5.76 Å². The molecule has 0 saturated heterocycles. The lowest BCUT2D eigenvalue weighted by Crippen LogP contribution is -1.99. The van der Waals surface area contributed by atoms with Gasteiger partial charge in [-0.2, -0.15) is 5.26 Å². The molecule has 0 radical (unpaired) electrons. The fraction of sp³-hybridized carbons (Fsp3) is 0.0909. The summed E-state index contributed by atoms with van der Waals surface area (Å²) < 4.78 is 5.20. The third-order valence-electron chi connectivity index (χ3n) is 1.88. The summed E-state index contributed by atoms with van der Waals surface area (Å²) in [6.07, 6.45) is 1.71. The highest BCUT2D eigenvalue weighted by Gasteiger charge is 2.00. The van der Waals surface area contributed by atoms with Gasteiger partial charge < -0.3 is 9.73 Å². The van der Waals surface area contributed by atoms with Crippen molar-refractivity contribution < 1.29 is 4.42 Å². The Morgan fingerprint density at radius 3 is 2.93 bits per heavy atom. The maximum absolute atomic E-state index is 8.56. The number of pyridine rings is 1. The van der Waals surface area contributed by atoms with Gasteiger partial charge in [-0.15, -0.1) is 0 Å². The van der Waals surface area contributed by atoms with Gasteiger partial charge in [0, 0.05) is 6.20 Å². The third-order valence-corrected chi connectivity index (χ3v) is 1.88. The van der Waals surface area contributed by atoms with Crippen LogP contribution in [0.4, 0.5) is 5.82 Å². The summed E-state index contributed by atoms with van der Waals surface area (Å²) in [4.78, 5) is 4.10. The zero-order chi connectivity index (χ0) is 10.5. The smallest absolute Gasteiger partial charge is 0.203 e. The van der Waals surface area contributed by atoms with Crippen LogP contribution < -0.4 is 5.32 Å². The van der Waals surface area contributed by atoms with E-state index in [9.17, 15) is 0 Å². The molecule has 0 aliphatic carbocycles. The molecule has 2 aromatic rings. The molecule has 0 aromatic carbocycles. The van der Waals surface area contributed by atoms with Crippen LogP contribution in [0.1, 0.15) is 11.5 Å². The van der Waals surface area contributed by atoms with Crippen LogP contribution in [0, 0.1) is 11.3 Å². The molecule has 0 aliphatic heterocycles. The maximum atomic E-state index is 8.56. The van der Waals surface area contributed by atoms with E-state index in [-0.39, 0.29) is 0 Å². The second-order valence-electron chi connectivity index (χ2n) is 2.95. The third kappa shape index (κ3) is 2.35. The van der Waals surface area contributed by atoms with E-state index in [0.717, 1.165) is 11.6 Å². The van der Waals surface area contributed by atoms with Gasteiger partial charge in [0.1, 0.15) is 17.6 Å². The second kappa shape index (κ2) is 4.29. The number of hydrogen-bond donors (Lipinski definition) is 1. The van der Waals surface area contributed by atoms with E-state index in [0.29, 0.717) is 12.3 Å². The summed E-state index contributed by atoms with van der Waals surface area (Å²) in [5, 5.41) is 11.6. The first-order valence-electron chi connectivity index (χ1n) is 4.52. The number of nitrogens with zero attached hydrogens (tertiary/aromatic N) is 2. The van der Waals surface area contributed by atoms with E-state index in [2.05, 4.69) is 10.3 Å². The Labute approximate surface area is 87.2 Å². The summed E-state index contributed by atoms with van der Waals surface area (Å²) >= 11 is 0. The molecule has 4 heteroatoms.